The third-order valence-corrected chi connectivity index (χ3v) is 3.22. The first kappa shape index (κ1) is 5.76. The van der Waals surface area contributed by atoms with Gasteiger partial charge in [0.25, 0.3) is 0 Å². The van der Waals surface area contributed by atoms with Crippen molar-refractivity contribution < 1.29 is 1.43 Å². The molecule has 0 heteroatoms. The zero-order chi connectivity index (χ0) is 6.10. The molecule has 0 N–H and O–H groups in total. The number of rotatable bonds is 0. The highest BCUT2D eigenvalue weighted by Crippen LogP contribution is 2.41. The summed E-state index contributed by atoms with van der Waals surface area (Å²) in [4.78, 5) is 0. The molecule has 2 fully saturated rings. The van der Waals surface area contributed by atoms with Crippen molar-refractivity contribution in [3.63, 3.8) is 0 Å². The van der Waals surface area contributed by atoms with E-state index in [0.29, 0.717) is 0 Å². The Bertz CT molecular complexity index is 88.9. The lowest BCUT2D eigenvalue weighted by molar-refractivity contribution is 0.277. The van der Waals surface area contributed by atoms with Gasteiger partial charge >= 0.3 is 0 Å². The highest BCUT2D eigenvalue weighted by Gasteiger charge is 2.28. The lowest BCUT2D eigenvalue weighted by Gasteiger charge is -2.24. The summed E-state index contributed by atoms with van der Waals surface area (Å²) >= 11 is 0. The molecule has 2 saturated carbocycles. The second-order valence-corrected chi connectivity index (χ2v) is 3.74. The maximum atomic E-state index is 1.56. The summed E-state index contributed by atoms with van der Waals surface area (Å²) in [5.41, 5.74) is 0. The van der Waals surface area contributed by atoms with E-state index in [-0.39, 0.29) is 1.43 Å². The molecule has 2 unspecified atom stereocenters. The van der Waals surface area contributed by atoms with Gasteiger partial charge in [-0.3, -0.25) is 0 Å². The predicted molar refractivity (Wildman–Crippen MR) is 41.4 cm³/mol. The van der Waals surface area contributed by atoms with Crippen molar-refractivity contribution in [2.45, 2.75) is 44.9 Å². The van der Waals surface area contributed by atoms with Gasteiger partial charge in [0, 0.05) is 1.43 Å². The van der Waals surface area contributed by atoms with Gasteiger partial charge in [-0.25, -0.2) is 0 Å². The van der Waals surface area contributed by atoms with Crippen LogP contribution in [0.5, 0.6) is 0 Å². The highest BCUT2D eigenvalue weighted by molar-refractivity contribution is 4.80. The second-order valence-electron chi connectivity index (χ2n) is 3.74. The van der Waals surface area contributed by atoms with E-state index in [2.05, 4.69) is 0 Å². The first-order valence-corrected chi connectivity index (χ1v) is 4.47. The van der Waals surface area contributed by atoms with Crippen LogP contribution in [0.2, 0.25) is 0 Å². The van der Waals surface area contributed by atoms with Gasteiger partial charge in [-0.2, -0.15) is 0 Å². The first-order chi connectivity index (χ1) is 4.47. The summed E-state index contributed by atoms with van der Waals surface area (Å²) in [6, 6.07) is 0. The van der Waals surface area contributed by atoms with Crippen LogP contribution in [-0.4, -0.2) is 0 Å². The number of fused-ring (bicyclic) bond motifs is 1. The fraction of sp³-hybridized carbons (Fsp3) is 1.00. The summed E-state index contributed by atoms with van der Waals surface area (Å²) in [5, 5.41) is 0. The van der Waals surface area contributed by atoms with Crippen molar-refractivity contribution in [1.29, 1.82) is 0 Å². The minimum absolute atomic E-state index is 0. The van der Waals surface area contributed by atoms with Crippen LogP contribution in [-0.2, 0) is 0 Å². The van der Waals surface area contributed by atoms with Gasteiger partial charge in [-0.1, -0.05) is 44.9 Å². The molecule has 0 bridgehead atoms. The molecule has 0 aliphatic heterocycles. The monoisotopic (exact) mass is 127 g/mol. The van der Waals surface area contributed by atoms with E-state index < -0.39 is 0 Å². The normalized spacial score (nSPS) is 42.7. The number of hydrogen-bond donors (Lipinski definition) is 0. The third kappa shape index (κ3) is 0.997. The Labute approximate surface area is 59.1 Å². The molecule has 2 aliphatic carbocycles. The van der Waals surface area contributed by atoms with E-state index in [9.17, 15) is 0 Å². The Morgan fingerprint density at radius 3 is 1.67 bits per heavy atom. The molecular formula is C9H18. The van der Waals surface area contributed by atoms with Crippen molar-refractivity contribution in [1.82, 2.24) is 0 Å². The van der Waals surface area contributed by atoms with E-state index in [1.807, 2.05) is 0 Å². The van der Waals surface area contributed by atoms with Gasteiger partial charge < -0.3 is 0 Å². The van der Waals surface area contributed by atoms with Gasteiger partial charge in [0.2, 0.25) is 0 Å². The van der Waals surface area contributed by atoms with E-state index in [0.717, 1.165) is 0 Å². The molecule has 0 aromatic rings. The fourth-order valence-corrected chi connectivity index (χ4v) is 2.69. The zero-order valence-corrected chi connectivity index (χ0v) is 6.10. The van der Waals surface area contributed by atoms with Crippen LogP contribution in [0.25, 0.3) is 0 Å². The Morgan fingerprint density at radius 2 is 1.11 bits per heavy atom. The van der Waals surface area contributed by atoms with E-state index in [1.54, 1.807) is 25.7 Å². The van der Waals surface area contributed by atoms with Crippen LogP contribution in [0.4, 0.5) is 0 Å². The summed E-state index contributed by atoms with van der Waals surface area (Å²) in [6.07, 6.45) is 10.8. The van der Waals surface area contributed by atoms with Gasteiger partial charge in [-0.15, -0.1) is 0 Å². The van der Waals surface area contributed by atoms with E-state index in [4.69, 9.17) is 0 Å². The molecule has 0 aromatic heterocycles. The summed E-state index contributed by atoms with van der Waals surface area (Å²) in [7, 11) is 0. The highest BCUT2D eigenvalue weighted by atomic mass is 14.3. The standard InChI is InChI=1S/C9H16.H2/c1-2-5-9-7-3-6-8(9)4-1;/h8-9H,1-7H2;1H/i;1+1. The van der Waals surface area contributed by atoms with Crippen molar-refractivity contribution in [2.75, 3.05) is 0 Å². The SMILES string of the molecule is C1CCC2CCCC2C1.[2HH]. The van der Waals surface area contributed by atoms with Crippen molar-refractivity contribution in [2.24, 2.45) is 11.8 Å². The van der Waals surface area contributed by atoms with E-state index >= 15 is 0 Å². The Kier molecular flexibility index (Phi) is 1.48. The summed E-state index contributed by atoms with van der Waals surface area (Å²) in [5.74, 6) is 2.33. The molecule has 0 heterocycles. The van der Waals surface area contributed by atoms with Gasteiger partial charge in [0.05, 0.1) is 0 Å². The molecular weight excluding hydrogens is 108 g/mol. The largest absolute Gasteiger partial charge is 0.0530 e. The average Bonchev–Trinajstić information content (AvgIpc) is 2.33. The fourth-order valence-electron chi connectivity index (χ4n) is 2.69. The van der Waals surface area contributed by atoms with Crippen LogP contribution >= 0.6 is 0 Å². The maximum Gasteiger partial charge on any atom is 0 e. The quantitative estimate of drug-likeness (QED) is 0.468. The van der Waals surface area contributed by atoms with Crippen LogP contribution in [0.3, 0.4) is 0 Å². The van der Waals surface area contributed by atoms with Crippen molar-refractivity contribution in [3.05, 3.63) is 0 Å². The third-order valence-electron chi connectivity index (χ3n) is 3.22. The van der Waals surface area contributed by atoms with E-state index in [1.165, 1.54) is 31.1 Å². The molecule has 0 amide bonds. The van der Waals surface area contributed by atoms with Gasteiger partial charge in [-0.05, 0) is 11.8 Å². The average molecular weight is 127 g/mol. The molecule has 0 spiro atoms. The molecule has 2 rings (SSSR count). The Hall–Kier alpha value is 0. The molecule has 2 aliphatic rings. The van der Waals surface area contributed by atoms with Crippen molar-refractivity contribution in [3.8, 4) is 0 Å². The molecule has 2 atom stereocenters. The molecule has 0 radical (unpaired) electrons. The maximum absolute atomic E-state index is 1.56. The molecule has 54 valence electrons. The Balaban J connectivity index is 0.000000500. The van der Waals surface area contributed by atoms with Crippen LogP contribution in [0.15, 0.2) is 0 Å². The van der Waals surface area contributed by atoms with Gasteiger partial charge in [0.15, 0.2) is 0 Å². The van der Waals surface area contributed by atoms with Crippen LogP contribution in [0, 0.1) is 11.8 Å². The lowest BCUT2D eigenvalue weighted by Crippen LogP contribution is -2.12. The molecule has 0 nitrogen and oxygen atoms in total. The number of hydrogen-bond acceptors (Lipinski definition) is 0. The molecule has 0 aromatic carbocycles. The smallest absolute Gasteiger partial charge is 0 e. The van der Waals surface area contributed by atoms with Gasteiger partial charge in [0.1, 0.15) is 0 Å². The minimum Gasteiger partial charge on any atom is -0.0530 e. The minimum atomic E-state index is 0. The zero-order valence-electron chi connectivity index (χ0n) is 6.10. The molecule has 0 saturated heterocycles. The van der Waals surface area contributed by atoms with Crippen LogP contribution < -0.4 is 0 Å². The van der Waals surface area contributed by atoms with Crippen LogP contribution in [0.1, 0.15) is 46.4 Å². The lowest BCUT2D eigenvalue weighted by atomic mass is 9.82. The molecule has 9 heavy (non-hydrogen) atoms. The Morgan fingerprint density at radius 1 is 0.667 bits per heavy atom. The van der Waals surface area contributed by atoms with Crippen molar-refractivity contribution >= 4 is 0 Å². The topological polar surface area (TPSA) is 0 Å². The second kappa shape index (κ2) is 2.32. The summed E-state index contributed by atoms with van der Waals surface area (Å²) < 4.78 is 0. The first-order valence-electron chi connectivity index (χ1n) is 4.47. The summed E-state index contributed by atoms with van der Waals surface area (Å²) in [6.45, 7) is 0. The predicted octanol–water partition coefficient (Wildman–Crippen LogP) is 3.22.